The summed E-state index contributed by atoms with van der Waals surface area (Å²) in [6.45, 7) is 3.40. The first-order valence-corrected chi connectivity index (χ1v) is 7.06. The van der Waals surface area contributed by atoms with E-state index in [1.165, 1.54) is 0 Å². The van der Waals surface area contributed by atoms with Crippen LogP contribution < -0.4 is 0 Å². The van der Waals surface area contributed by atoms with Gasteiger partial charge in [0.2, 0.25) is 5.91 Å². The van der Waals surface area contributed by atoms with E-state index in [0.29, 0.717) is 38.9 Å². The predicted octanol–water partition coefficient (Wildman–Crippen LogP) is 1.38. The Labute approximate surface area is 118 Å². The van der Waals surface area contributed by atoms with Crippen LogP contribution in [0, 0.1) is 5.41 Å². The first-order chi connectivity index (χ1) is 9.57. The van der Waals surface area contributed by atoms with Crippen molar-refractivity contribution in [2.24, 2.45) is 5.41 Å². The van der Waals surface area contributed by atoms with E-state index in [9.17, 15) is 14.7 Å². The lowest BCUT2D eigenvalue weighted by Crippen LogP contribution is -2.37. The number of aromatic nitrogens is 2. The Kier molecular flexibility index (Phi) is 4.42. The van der Waals surface area contributed by atoms with E-state index in [2.05, 4.69) is 5.10 Å². The van der Waals surface area contributed by atoms with Crippen LogP contribution in [-0.4, -0.2) is 44.8 Å². The number of carboxylic acid groups (broad SMARTS) is 1. The molecule has 2 heterocycles. The summed E-state index contributed by atoms with van der Waals surface area (Å²) in [6.07, 6.45) is 5.87. The van der Waals surface area contributed by atoms with Gasteiger partial charge in [-0.05, 0) is 18.9 Å². The number of aryl methyl sites for hydroxylation is 1. The third-order valence-corrected chi connectivity index (χ3v) is 4.00. The van der Waals surface area contributed by atoms with Crippen molar-refractivity contribution >= 4 is 11.9 Å². The van der Waals surface area contributed by atoms with Crippen LogP contribution in [0.15, 0.2) is 18.5 Å². The second kappa shape index (κ2) is 6.07. The highest BCUT2D eigenvalue weighted by Gasteiger charge is 2.45. The van der Waals surface area contributed by atoms with Crippen LogP contribution in [0.25, 0.3) is 0 Å². The second-order valence-electron chi connectivity index (χ2n) is 5.42. The fourth-order valence-electron chi connectivity index (χ4n) is 2.85. The van der Waals surface area contributed by atoms with Crippen molar-refractivity contribution in [1.82, 2.24) is 14.7 Å². The number of likely N-dealkylation sites (tertiary alicyclic amines) is 1. The Hall–Kier alpha value is -1.85. The molecule has 1 atom stereocenters. The van der Waals surface area contributed by atoms with Gasteiger partial charge in [-0.15, -0.1) is 0 Å². The molecule has 1 aromatic rings. The average Bonchev–Trinajstić information content (AvgIpc) is 3.06. The van der Waals surface area contributed by atoms with Crippen molar-refractivity contribution in [2.75, 3.05) is 13.1 Å². The maximum atomic E-state index is 12.1. The molecule has 0 aliphatic carbocycles. The number of carbonyl (C=O) groups excluding carboxylic acids is 1. The summed E-state index contributed by atoms with van der Waals surface area (Å²) in [6, 6.07) is 1.82. The van der Waals surface area contributed by atoms with Gasteiger partial charge in [0, 0.05) is 38.4 Å². The minimum atomic E-state index is -0.776. The number of hydrogen-bond acceptors (Lipinski definition) is 3. The minimum Gasteiger partial charge on any atom is -0.481 e. The van der Waals surface area contributed by atoms with E-state index in [1.807, 2.05) is 19.2 Å². The Morgan fingerprint density at radius 2 is 2.25 bits per heavy atom. The molecular formula is C14H21N3O3. The standard InChI is InChI=1S/C14H21N3O3/c1-2-5-14(13(19)20)6-10-16(11-14)12(18)4-9-17-8-3-7-15-17/h3,7-8H,2,4-6,9-11H2,1H3,(H,19,20). The normalized spacial score (nSPS) is 22.1. The van der Waals surface area contributed by atoms with Crippen LogP contribution in [-0.2, 0) is 16.1 Å². The van der Waals surface area contributed by atoms with Crippen molar-refractivity contribution in [2.45, 2.75) is 39.2 Å². The Morgan fingerprint density at radius 1 is 1.45 bits per heavy atom. The highest BCUT2D eigenvalue weighted by molar-refractivity contribution is 5.80. The van der Waals surface area contributed by atoms with Crippen LogP contribution >= 0.6 is 0 Å². The largest absolute Gasteiger partial charge is 0.481 e. The second-order valence-corrected chi connectivity index (χ2v) is 5.42. The fraction of sp³-hybridized carbons (Fsp3) is 0.643. The molecule has 1 fully saturated rings. The maximum absolute atomic E-state index is 12.1. The summed E-state index contributed by atoms with van der Waals surface area (Å²) in [7, 11) is 0. The third kappa shape index (κ3) is 3.00. The number of carboxylic acids is 1. The molecule has 0 bridgehead atoms. The minimum absolute atomic E-state index is 0.0136. The van der Waals surface area contributed by atoms with E-state index in [0.717, 1.165) is 6.42 Å². The van der Waals surface area contributed by atoms with E-state index in [1.54, 1.807) is 15.8 Å². The molecular weight excluding hydrogens is 258 g/mol. The van der Waals surface area contributed by atoms with Gasteiger partial charge >= 0.3 is 5.97 Å². The summed E-state index contributed by atoms with van der Waals surface area (Å²) < 4.78 is 1.71. The van der Waals surface area contributed by atoms with Crippen molar-refractivity contribution in [3.8, 4) is 0 Å². The molecule has 0 radical (unpaired) electrons. The number of carbonyl (C=O) groups is 2. The lowest BCUT2D eigenvalue weighted by Gasteiger charge is -2.24. The van der Waals surface area contributed by atoms with E-state index < -0.39 is 11.4 Å². The van der Waals surface area contributed by atoms with Crippen LogP contribution in [0.1, 0.15) is 32.6 Å². The van der Waals surface area contributed by atoms with Gasteiger partial charge in [0.25, 0.3) is 0 Å². The number of amides is 1. The van der Waals surface area contributed by atoms with Crippen molar-refractivity contribution in [3.05, 3.63) is 18.5 Å². The quantitative estimate of drug-likeness (QED) is 0.853. The first-order valence-electron chi connectivity index (χ1n) is 7.06. The number of aliphatic carboxylic acids is 1. The van der Waals surface area contributed by atoms with Crippen molar-refractivity contribution in [1.29, 1.82) is 0 Å². The van der Waals surface area contributed by atoms with E-state index >= 15 is 0 Å². The van der Waals surface area contributed by atoms with E-state index in [4.69, 9.17) is 0 Å². The SMILES string of the molecule is CCCC1(C(=O)O)CCN(C(=O)CCn2cccn2)C1. The molecule has 0 aromatic carbocycles. The van der Waals surface area contributed by atoms with Crippen LogP contribution in [0.3, 0.4) is 0 Å². The van der Waals surface area contributed by atoms with Gasteiger partial charge in [0.1, 0.15) is 0 Å². The fourth-order valence-corrected chi connectivity index (χ4v) is 2.85. The average molecular weight is 279 g/mol. The summed E-state index contributed by atoms with van der Waals surface area (Å²) in [5.41, 5.74) is -0.740. The van der Waals surface area contributed by atoms with Crippen LogP contribution in [0.5, 0.6) is 0 Å². The van der Waals surface area contributed by atoms with Gasteiger partial charge in [-0.1, -0.05) is 13.3 Å². The molecule has 1 aliphatic rings. The lowest BCUT2D eigenvalue weighted by atomic mass is 9.83. The third-order valence-electron chi connectivity index (χ3n) is 4.00. The van der Waals surface area contributed by atoms with Gasteiger partial charge in [0.05, 0.1) is 5.41 Å². The molecule has 1 aromatic heterocycles. The molecule has 1 saturated heterocycles. The molecule has 1 amide bonds. The van der Waals surface area contributed by atoms with Crippen molar-refractivity contribution in [3.63, 3.8) is 0 Å². The molecule has 1 aliphatic heterocycles. The van der Waals surface area contributed by atoms with Gasteiger partial charge in [-0.3, -0.25) is 14.3 Å². The molecule has 1 N–H and O–H groups in total. The van der Waals surface area contributed by atoms with Gasteiger partial charge in [-0.2, -0.15) is 5.10 Å². The number of nitrogens with zero attached hydrogens (tertiary/aromatic N) is 3. The summed E-state index contributed by atoms with van der Waals surface area (Å²) in [5.74, 6) is -0.763. The molecule has 110 valence electrons. The molecule has 0 spiro atoms. The Bertz CT molecular complexity index is 472. The summed E-state index contributed by atoms with van der Waals surface area (Å²) in [5, 5.41) is 13.5. The van der Waals surface area contributed by atoms with Crippen LogP contribution in [0.2, 0.25) is 0 Å². The zero-order valence-electron chi connectivity index (χ0n) is 11.8. The summed E-state index contributed by atoms with van der Waals surface area (Å²) >= 11 is 0. The van der Waals surface area contributed by atoms with Crippen LogP contribution in [0.4, 0.5) is 0 Å². The van der Waals surface area contributed by atoms with Gasteiger partial charge in [-0.25, -0.2) is 0 Å². The topological polar surface area (TPSA) is 75.4 Å². The maximum Gasteiger partial charge on any atom is 0.311 e. The molecule has 2 rings (SSSR count). The number of hydrogen-bond donors (Lipinski definition) is 1. The van der Waals surface area contributed by atoms with Gasteiger partial charge < -0.3 is 10.0 Å². The molecule has 1 unspecified atom stereocenters. The first kappa shape index (κ1) is 14.6. The highest BCUT2D eigenvalue weighted by Crippen LogP contribution is 2.35. The van der Waals surface area contributed by atoms with E-state index in [-0.39, 0.29) is 5.91 Å². The lowest BCUT2D eigenvalue weighted by molar-refractivity contribution is -0.149. The Morgan fingerprint density at radius 3 is 2.85 bits per heavy atom. The monoisotopic (exact) mass is 279 g/mol. The predicted molar refractivity (Wildman–Crippen MR) is 73.0 cm³/mol. The highest BCUT2D eigenvalue weighted by atomic mass is 16.4. The molecule has 6 heteroatoms. The zero-order valence-corrected chi connectivity index (χ0v) is 11.8. The zero-order chi connectivity index (χ0) is 14.6. The molecule has 0 saturated carbocycles. The van der Waals surface area contributed by atoms with Crippen molar-refractivity contribution < 1.29 is 14.7 Å². The molecule has 20 heavy (non-hydrogen) atoms. The summed E-state index contributed by atoms with van der Waals surface area (Å²) in [4.78, 5) is 25.3. The van der Waals surface area contributed by atoms with Gasteiger partial charge in [0.15, 0.2) is 0 Å². The number of rotatable bonds is 6. The molecule has 6 nitrogen and oxygen atoms in total. The smallest absolute Gasteiger partial charge is 0.311 e. The Balaban J connectivity index is 1.90.